The lowest BCUT2D eigenvalue weighted by Gasteiger charge is -2.25. The summed E-state index contributed by atoms with van der Waals surface area (Å²) in [4.78, 5) is 11.9. The minimum atomic E-state index is -0.718. The van der Waals surface area contributed by atoms with Gasteiger partial charge in [-0.3, -0.25) is 4.79 Å². The van der Waals surface area contributed by atoms with Gasteiger partial charge in [-0.2, -0.15) is 4.68 Å². The van der Waals surface area contributed by atoms with Gasteiger partial charge in [0.1, 0.15) is 6.10 Å². The molecule has 2 aliphatic rings. The maximum Gasteiger partial charge on any atom is 0.221 e. The van der Waals surface area contributed by atoms with Gasteiger partial charge in [0, 0.05) is 6.42 Å². The van der Waals surface area contributed by atoms with Crippen LogP contribution >= 0.6 is 12.2 Å². The normalized spacial score (nSPS) is 28.0. The van der Waals surface area contributed by atoms with Crippen molar-refractivity contribution in [2.45, 2.75) is 24.9 Å². The van der Waals surface area contributed by atoms with Crippen molar-refractivity contribution in [1.29, 1.82) is 0 Å². The molecule has 0 N–H and O–H groups in total. The molecule has 4 rings (SSSR count). The molecule has 3 heterocycles. The Hall–Kier alpha value is -1.90. The highest BCUT2D eigenvalue weighted by Gasteiger charge is 2.45. The van der Waals surface area contributed by atoms with Crippen LogP contribution in [0.5, 0.6) is 0 Å². The van der Waals surface area contributed by atoms with E-state index >= 15 is 0 Å². The van der Waals surface area contributed by atoms with Crippen LogP contribution in [0.3, 0.4) is 0 Å². The molecule has 7 nitrogen and oxygen atoms in total. The van der Waals surface area contributed by atoms with E-state index in [1.807, 2.05) is 30.3 Å². The molecule has 3 unspecified atom stereocenters. The molecule has 0 spiro atoms. The first-order chi connectivity index (χ1) is 10.2. The zero-order valence-corrected chi connectivity index (χ0v) is 11.8. The summed E-state index contributed by atoms with van der Waals surface area (Å²) >= 11 is 5.43. The average Bonchev–Trinajstić information content (AvgIpc) is 3.10. The molecule has 1 aromatic heterocycles. The number of hydrogen-bond donors (Lipinski definition) is 0. The van der Waals surface area contributed by atoms with Gasteiger partial charge in [0.25, 0.3) is 0 Å². The van der Waals surface area contributed by atoms with Crippen molar-refractivity contribution in [1.82, 2.24) is 19.8 Å². The number of benzene rings is 1. The summed E-state index contributed by atoms with van der Waals surface area (Å²) in [5.41, 5.74) is 0.831. The Balaban J connectivity index is 1.72. The Morgan fingerprint density at radius 1 is 1.24 bits per heavy atom. The highest BCUT2D eigenvalue weighted by molar-refractivity contribution is 7.71. The number of fused-ring (bicyclic) bond motifs is 2. The Morgan fingerprint density at radius 2 is 2.05 bits per heavy atom. The number of carbonyl (C=O) groups is 1. The fourth-order valence-electron chi connectivity index (χ4n) is 2.66. The van der Waals surface area contributed by atoms with Crippen molar-refractivity contribution in [2.24, 2.45) is 0 Å². The highest BCUT2D eigenvalue weighted by Crippen LogP contribution is 2.32. The fourth-order valence-corrected chi connectivity index (χ4v) is 2.98. The van der Waals surface area contributed by atoms with Crippen LogP contribution in [0.2, 0.25) is 0 Å². The Labute approximate surface area is 125 Å². The first-order valence-electron chi connectivity index (χ1n) is 6.64. The molecule has 2 aliphatic heterocycles. The number of para-hydroxylation sites is 1. The van der Waals surface area contributed by atoms with Crippen LogP contribution in [0.25, 0.3) is 5.69 Å². The van der Waals surface area contributed by atoms with Gasteiger partial charge in [-0.15, -0.1) is 0 Å². The molecule has 0 aliphatic carbocycles. The molecule has 0 radical (unpaired) electrons. The Morgan fingerprint density at radius 3 is 2.86 bits per heavy atom. The highest BCUT2D eigenvalue weighted by atomic mass is 32.1. The predicted octanol–water partition coefficient (Wildman–Crippen LogP) is 1.05. The van der Waals surface area contributed by atoms with Gasteiger partial charge >= 0.3 is 0 Å². The van der Waals surface area contributed by atoms with E-state index in [0.29, 0.717) is 17.8 Å². The first kappa shape index (κ1) is 12.8. The molecule has 8 heteroatoms. The zero-order chi connectivity index (χ0) is 14.4. The second kappa shape index (κ2) is 4.83. The summed E-state index contributed by atoms with van der Waals surface area (Å²) in [5.74, 6) is -0.0788. The van der Waals surface area contributed by atoms with Crippen molar-refractivity contribution >= 4 is 18.0 Å². The maximum atomic E-state index is 11.9. The van der Waals surface area contributed by atoms with E-state index in [2.05, 4.69) is 10.4 Å². The molecule has 108 valence electrons. The molecule has 2 bridgehead atoms. The Bertz CT molecular complexity index is 741. The lowest BCUT2D eigenvalue weighted by atomic mass is 10.0. The van der Waals surface area contributed by atoms with Crippen molar-refractivity contribution in [3.05, 3.63) is 35.1 Å². The van der Waals surface area contributed by atoms with Crippen LogP contribution in [0, 0.1) is 4.77 Å². The molecule has 0 saturated carbocycles. The molecule has 2 saturated heterocycles. The van der Waals surface area contributed by atoms with Gasteiger partial charge in [-0.25, -0.2) is 4.68 Å². The lowest BCUT2D eigenvalue weighted by Crippen LogP contribution is -2.37. The SMILES string of the molecule is O=C1CC(n2nnn(-c3ccccc3)c2=S)C2COC1O2. The van der Waals surface area contributed by atoms with Crippen LogP contribution in [-0.2, 0) is 14.3 Å². The van der Waals surface area contributed by atoms with E-state index in [9.17, 15) is 4.79 Å². The fraction of sp³-hybridized carbons (Fsp3) is 0.385. The van der Waals surface area contributed by atoms with E-state index in [0.717, 1.165) is 5.69 Å². The predicted molar refractivity (Wildman–Crippen MR) is 73.5 cm³/mol. The lowest BCUT2D eigenvalue weighted by molar-refractivity contribution is -0.156. The number of carbonyl (C=O) groups excluding carboxylic acids is 1. The second-order valence-electron chi connectivity index (χ2n) is 5.03. The van der Waals surface area contributed by atoms with Crippen LogP contribution in [0.15, 0.2) is 30.3 Å². The van der Waals surface area contributed by atoms with E-state index in [1.54, 1.807) is 9.36 Å². The van der Waals surface area contributed by atoms with E-state index in [-0.39, 0.29) is 17.9 Å². The zero-order valence-electron chi connectivity index (χ0n) is 11.0. The monoisotopic (exact) mass is 304 g/mol. The number of Topliss-reactive ketones (excluding diaryl/α,β-unsaturated/α-hetero) is 1. The van der Waals surface area contributed by atoms with Crippen molar-refractivity contribution in [2.75, 3.05) is 6.61 Å². The molecular formula is C13H12N4O3S. The van der Waals surface area contributed by atoms with Crippen LogP contribution in [0.1, 0.15) is 12.5 Å². The number of rotatable bonds is 2. The van der Waals surface area contributed by atoms with E-state index in [1.165, 1.54) is 0 Å². The third-order valence-corrected chi connectivity index (χ3v) is 4.09. The van der Waals surface area contributed by atoms with Gasteiger partial charge in [0.15, 0.2) is 5.78 Å². The number of ether oxygens (including phenoxy) is 2. The summed E-state index contributed by atoms with van der Waals surface area (Å²) in [6, 6.07) is 9.25. The largest absolute Gasteiger partial charge is 0.343 e. The quantitative estimate of drug-likeness (QED) is 0.772. The second-order valence-corrected chi connectivity index (χ2v) is 5.40. The van der Waals surface area contributed by atoms with E-state index < -0.39 is 6.29 Å². The standard InChI is InChI=1S/C13H12N4O3S/c18-10-6-9(11-7-19-12(10)20-11)17-13(21)16(14-15-17)8-4-2-1-3-5-8/h1-5,9,11-12H,6-7H2. The van der Waals surface area contributed by atoms with Gasteiger partial charge in [-0.1, -0.05) is 18.2 Å². The topological polar surface area (TPSA) is 71.2 Å². The summed E-state index contributed by atoms with van der Waals surface area (Å²) < 4.78 is 14.4. The minimum absolute atomic E-state index is 0.0788. The molecule has 2 aromatic rings. The van der Waals surface area contributed by atoms with Crippen molar-refractivity contribution < 1.29 is 14.3 Å². The molecule has 0 amide bonds. The van der Waals surface area contributed by atoms with Crippen LogP contribution < -0.4 is 0 Å². The average molecular weight is 304 g/mol. The van der Waals surface area contributed by atoms with Crippen LogP contribution in [0.4, 0.5) is 0 Å². The number of ketones is 1. The summed E-state index contributed by atoms with van der Waals surface area (Å²) in [7, 11) is 0. The third kappa shape index (κ3) is 2.03. The number of aromatic nitrogens is 4. The first-order valence-corrected chi connectivity index (χ1v) is 7.04. The van der Waals surface area contributed by atoms with Crippen LogP contribution in [-0.4, -0.2) is 44.6 Å². The molecule has 2 fully saturated rings. The number of tetrazole rings is 1. The number of hydrogen-bond acceptors (Lipinski definition) is 6. The summed E-state index contributed by atoms with van der Waals surface area (Å²) in [5, 5.41) is 8.19. The molecule has 1 aromatic carbocycles. The third-order valence-electron chi connectivity index (χ3n) is 3.73. The van der Waals surface area contributed by atoms with E-state index in [4.69, 9.17) is 21.7 Å². The minimum Gasteiger partial charge on any atom is -0.343 e. The van der Waals surface area contributed by atoms with Crippen molar-refractivity contribution in [3.8, 4) is 5.69 Å². The summed E-state index contributed by atoms with van der Waals surface area (Å²) in [6.07, 6.45) is -0.623. The summed E-state index contributed by atoms with van der Waals surface area (Å²) in [6.45, 7) is 0.376. The van der Waals surface area contributed by atoms with Crippen molar-refractivity contribution in [3.63, 3.8) is 0 Å². The smallest absolute Gasteiger partial charge is 0.221 e. The Kier molecular flexibility index (Phi) is 2.95. The van der Waals surface area contributed by atoms with Gasteiger partial charge < -0.3 is 9.47 Å². The van der Waals surface area contributed by atoms with Gasteiger partial charge in [0.05, 0.1) is 18.3 Å². The maximum absolute atomic E-state index is 11.9. The molecule has 3 atom stereocenters. The number of nitrogens with zero attached hydrogens (tertiary/aromatic N) is 4. The van der Waals surface area contributed by atoms with Gasteiger partial charge in [0.2, 0.25) is 11.1 Å². The molecular weight excluding hydrogens is 292 g/mol. The van der Waals surface area contributed by atoms with Gasteiger partial charge in [-0.05, 0) is 34.8 Å². The molecule has 21 heavy (non-hydrogen) atoms.